The van der Waals surface area contributed by atoms with Gasteiger partial charge < -0.3 is 19.9 Å². The van der Waals surface area contributed by atoms with E-state index in [1.165, 1.54) is 11.8 Å². The first kappa shape index (κ1) is 35.2. The van der Waals surface area contributed by atoms with Gasteiger partial charge in [0.05, 0.1) is 17.5 Å². The molecule has 0 bridgehead atoms. The number of nitrogens with two attached hydrogens (primary N) is 1. The monoisotopic (exact) mass is 628 g/mol. The first-order valence-corrected chi connectivity index (χ1v) is 16.2. The number of aromatic nitrogens is 2. The molecular weight excluding hydrogens is 582 g/mol. The molecule has 0 aliphatic rings. The fourth-order valence-corrected chi connectivity index (χ4v) is 5.69. The van der Waals surface area contributed by atoms with E-state index in [0.29, 0.717) is 44.1 Å². The molecule has 3 rings (SSSR count). The lowest BCUT2D eigenvalue weighted by Gasteiger charge is -2.40. The fraction of sp³-hybridized carbons (Fsp3) is 0.500. The largest absolute Gasteiger partial charge is 0.460 e. The highest BCUT2D eigenvalue weighted by molar-refractivity contribution is 7.99. The Morgan fingerprint density at radius 2 is 1.75 bits per heavy atom. The highest BCUT2D eigenvalue weighted by Crippen LogP contribution is 2.40. The number of thioether (sulfide) groups is 1. The molecule has 0 aliphatic carbocycles. The van der Waals surface area contributed by atoms with Crippen molar-refractivity contribution in [2.75, 3.05) is 24.6 Å². The number of hydrogen-bond donors (Lipinski definition) is 1. The van der Waals surface area contributed by atoms with Crippen LogP contribution in [0.15, 0.2) is 54.7 Å². The van der Waals surface area contributed by atoms with Crippen molar-refractivity contribution in [2.45, 2.75) is 79.0 Å². The minimum Gasteiger partial charge on any atom is -0.460 e. The van der Waals surface area contributed by atoms with Gasteiger partial charge in [0.15, 0.2) is 0 Å². The Hall–Kier alpha value is -3.24. The molecule has 0 spiro atoms. The van der Waals surface area contributed by atoms with E-state index < -0.39 is 28.7 Å². The molecule has 1 aromatic heterocycles. The number of esters is 1. The maximum atomic E-state index is 15.0. The third-order valence-corrected chi connectivity index (χ3v) is 7.82. The predicted octanol–water partition coefficient (Wildman–Crippen LogP) is 7.00. The van der Waals surface area contributed by atoms with Gasteiger partial charge >= 0.3 is 5.97 Å². The van der Waals surface area contributed by atoms with Crippen molar-refractivity contribution in [3.8, 4) is 11.3 Å². The number of nitrogens with zero attached hydrogens (tertiary/aromatic N) is 3. The van der Waals surface area contributed by atoms with Crippen LogP contribution in [-0.4, -0.2) is 56.5 Å². The number of rotatable bonds is 14. The summed E-state index contributed by atoms with van der Waals surface area (Å²) < 4.78 is 36.6. The van der Waals surface area contributed by atoms with E-state index in [1.807, 2.05) is 81.3 Å². The number of unbranched alkanes of at least 4 members (excludes halogenated alkanes) is 1. The molecule has 44 heavy (non-hydrogen) atoms. The Bertz CT molecular complexity index is 1380. The van der Waals surface area contributed by atoms with Crippen molar-refractivity contribution in [3.05, 3.63) is 77.8 Å². The topological polar surface area (TPSA) is 90.4 Å². The lowest BCUT2D eigenvalue weighted by molar-refractivity contribution is -0.154. The average molecular weight is 629 g/mol. The molecular formula is C34H46F2N4O3S. The Kier molecular flexibility index (Phi) is 12.5. The van der Waals surface area contributed by atoms with Gasteiger partial charge in [-0.3, -0.25) is 9.59 Å². The van der Waals surface area contributed by atoms with Gasteiger partial charge in [-0.1, -0.05) is 51.1 Å². The average Bonchev–Trinajstić information content (AvgIpc) is 3.33. The number of hydrogen-bond acceptors (Lipinski definition) is 6. The van der Waals surface area contributed by atoms with Crippen LogP contribution in [0, 0.1) is 17.0 Å². The first-order valence-electron chi connectivity index (χ1n) is 15.0. The number of carbonyl (C=O) groups is 2. The molecule has 1 amide bonds. The van der Waals surface area contributed by atoms with Crippen LogP contribution in [0.4, 0.5) is 8.78 Å². The van der Waals surface area contributed by atoms with Gasteiger partial charge in [0, 0.05) is 43.6 Å². The van der Waals surface area contributed by atoms with Gasteiger partial charge in [-0.25, -0.2) is 13.8 Å². The van der Waals surface area contributed by atoms with Gasteiger partial charge in [0.1, 0.15) is 23.1 Å². The van der Waals surface area contributed by atoms with Crippen molar-refractivity contribution in [1.82, 2.24) is 14.5 Å². The number of ether oxygens (including phenoxy) is 1. The maximum Gasteiger partial charge on any atom is 0.306 e. The Labute approximate surface area is 264 Å². The summed E-state index contributed by atoms with van der Waals surface area (Å²) in [5.74, 6) is -0.0429. The molecule has 3 aromatic rings. The van der Waals surface area contributed by atoms with E-state index in [4.69, 9.17) is 15.5 Å². The van der Waals surface area contributed by atoms with Gasteiger partial charge in [0.25, 0.3) is 0 Å². The standard InChI is InChI=1S/C34H46F2N4O3S/c1-33(2,3)31(40(29(41)23-44-19-17-37)18-11-10-14-30(42)43-34(4,5)6)32-38-28(26-20-25(35)15-16-27(26)36)22-39(32)21-24-12-8-7-9-13-24/h7-9,12-13,15-16,20,22,31H,10-11,14,17-19,21,23,37H2,1-6H3/t31-/m0/s1. The molecule has 1 atom stereocenters. The zero-order chi connectivity index (χ0) is 32.5. The zero-order valence-electron chi connectivity index (χ0n) is 26.7. The molecule has 10 heteroatoms. The van der Waals surface area contributed by atoms with Crippen molar-refractivity contribution >= 4 is 23.6 Å². The maximum absolute atomic E-state index is 15.0. The lowest BCUT2D eigenvalue weighted by atomic mass is 9.84. The summed E-state index contributed by atoms with van der Waals surface area (Å²) in [6.45, 7) is 12.9. The molecule has 240 valence electrons. The molecule has 0 saturated carbocycles. The quantitative estimate of drug-likeness (QED) is 0.153. The Morgan fingerprint density at radius 1 is 1.05 bits per heavy atom. The van der Waals surface area contributed by atoms with Crippen LogP contribution in [0.2, 0.25) is 0 Å². The second-order valence-electron chi connectivity index (χ2n) is 13.0. The zero-order valence-corrected chi connectivity index (χ0v) is 27.6. The van der Waals surface area contributed by atoms with Gasteiger partial charge in [-0.15, -0.1) is 0 Å². The fourth-order valence-electron chi connectivity index (χ4n) is 5.04. The number of halogens is 2. The van der Waals surface area contributed by atoms with Gasteiger partial charge in [0.2, 0.25) is 5.91 Å². The normalized spacial score (nSPS) is 12.7. The van der Waals surface area contributed by atoms with Crippen molar-refractivity contribution < 1.29 is 23.1 Å². The summed E-state index contributed by atoms with van der Waals surface area (Å²) >= 11 is 1.47. The molecule has 7 nitrogen and oxygen atoms in total. The molecule has 2 N–H and O–H groups in total. The smallest absolute Gasteiger partial charge is 0.306 e. The van der Waals surface area contributed by atoms with Crippen LogP contribution in [-0.2, 0) is 20.9 Å². The van der Waals surface area contributed by atoms with E-state index in [1.54, 1.807) is 6.20 Å². The molecule has 0 saturated heterocycles. The summed E-state index contributed by atoms with van der Waals surface area (Å²) in [6.07, 6.45) is 3.09. The highest BCUT2D eigenvalue weighted by Gasteiger charge is 2.38. The lowest BCUT2D eigenvalue weighted by Crippen LogP contribution is -2.44. The van der Waals surface area contributed by atoms with Crippen molar-refractivity contribution in [3.63, 3.8) is 0 Å². The Morgan fingerprint density at radius 3 is 2.39 bits per heavy atom. The van der Waals surface area contributed by atoms with E-state index in [9.17, 15) is 18.4 Å². The predicted molar refractivity (Wildman–Crippen MR) is 173 cm³/mol. The van der Waals surface area contributed by atoms with Crippen LogP contribution in [0.3, 0.4) is 0 Å². The number of imidazole rings is 1. The van der Waals surface area contributed by atoms with Gasteiger partial charge in [-0.05, 0) is 62.8 Å². The third kappa shape index (κ3) is 10.4. The van der Waals surface area contributed by atoms with Crippen LogP contribution in [0.25, 0.3) is 11.3 Å². The SMILES string of the molecule is CC(C)(C)OC(=O)CCCCN(C(=O)CSCCN)[C@@H](c1nc(-c2cc(F)ccc2F)cn1Cc1ccccc1)C(C)(C)C. The minimum atomic E-state index is -0.581. The second kappa shape index (κ2) is 15.7. The minimum absolute atomic E-state index is 0.0551. The van der Waals surface area contributed by atoms with Crippen LogP contribution >= 0.6 is 11.8 Å². The third-order valence-electron chi connectivity index (χ3n) is 6.84. The molecule has 0 radical (unpaired) electrons. The molecule has 0 aliphatic heterocycles. The van der Waals surface area contributed by atoms with Crippen LogP contribution in [0.1, 0.15) is 78.2 Å². The number of carbonyl (C=O) groups excluding carboxylic acids is 2. The van der Waals surface area contributed by atoms with E-state index in [2.05, 4.69) is 0 Å². The van der Waals surface area contributed by atoms with Crippen molar-refractivity contribution in [2.24, 2.45) is 11.1 Å². The summed E-state index contributed by atoms with van der Waals surface area (Å²) in [6, 6.07) is 12.6. The van der Waals surface area contributed by atoms with E-state index >= 15 is 0 Å². The van der Waals surface area contributed by atoms with Crippen molar-refractivity contribution in [1.29, 1.82) is 0 Å². The second-order valence-corrected chi connectivity index (χ2v) is 14.1. The van der Waals surface area contributed by atoms with E-state index in [0.717, 1.165) is 23.8 Å². The number of amides is 1. The number of benzene rings is 2. The van der Waals surface area contributed by atoms with Gasteiger partial charge in [-0.2, -0.15) is 11.8 Å². The van der Waals surface area contributed by atoms with Crippen LogP contribution < -0.4 is 5.73 Å². The summed E-state index contributed by atoms with van der Waals surface area (Å²) in [5.41, 5.74) is 5.98. The molecule has 0 unspecified atom stereocenters. The van der Waals surface area contributed by atoms with Crippen LogP contribution in [0.5, 0.6) is 0 Å². The molecule has 0 fully saturated rings. The summed E-state index contributed by atoms with van der Waals surface area (Å²) in [4.78, 5) is 32.9. The summed E-state index contributed by atoms with van der Waals surface area (Å²) in [7, 11) is 0. The molecule has 1 heterocycles. The van der Waals surface area contributed by atoms with E-state index in [-0.39, 0.29) is 35.3 Å². The highest BCUT2D eigenvalue weighted by atomic mass is 32.2. The molecule has 2 aromatic carbocycles. The summed E-state index contributed by atoms with van der Waals surface area (Å²) in [5, 5.41) is 0. The Balaban J connectivity index is 2.05. The first-order chi connectivity index (χ1) is 20.7.